The molecule has 0 spiro atoms. The third-order valence-electron chi connectivity index (χ3n) is 2.10. The van der Waals surface area contributed by atoms with Crippen LogP contribution in [0.25, 0.3) is 0 Å². The fourth-order valence-electron chi connectivity index (χ4n) is 1.32. The summed E-state index contributed by atoms with van der Waals surface area (Å²) in [4.78, 5) is 3.39. The van der Waals surface area contributed by atoms with Crippen LogP contribution in [0.3, 0.4) is 0 Å². The SMILES string of the molecule is N#Cc1ccc(Nc2ccnc(F)c2)c(F)c1. The lowest BCUT2D eigenvalue weighted by Crippen LogP contribution is -1.95. The van der Waals surface area contributed by atoms with Crippen molar-refractivity contribution in [1.82, 2.24) is 4.98 Å². The zero-order valence-electron chi connectivity index (χ0n) is 8.61. The van der Waals surface area contributed by atoms with Crippen LogP contribution < -0.4 is 5.32 Å². The van der Waals surface area contributed by atoms with Crippen LogP contribution in [0.4, 0.5) is 20.2 Å². The molecule has 0 aliphatic rings. The van der Waals surface area contributed by atoms with Crippen LogP contribution in [-0.4, -0.2) is 4.98 Å². The molecule has 1 heterocycles. The number of hydrogen-bond donors (Lipinski definition) is 1. The van der Waals surface area contributed by atoms with Crippen molar-refractivity contribution >= 4 is 11.4 Å². The van der Waals surface area contributed by atoms with E-state index in [9.17, 15) is 8.78 Å². The smallest absolute Gasteiger partial charge is 0.214 e. The van der Waals surface area contributed by atoms with Gasteiger partial charge in [-0.25, -0.2) is 9.37 Å². The Hall–Kier alpha value is -2.48. The molecule has 0 radical (unpaired) electrons. The topological polar surface area (TPSA) is 48.7 Å². The van der Waals surface area contributed by atoms with Crippen LogP contribution in [0.1, 0.15) is 5.56 Å². The summed E-state index contributed by atoms with van der Waals surface area (Å²) in [5.74, 6) is -1.22. The van der Waals surface area contributed by atoms with Crippen LogP contribution in [0.2, 0.25) is 0 Å². The Labute approximate surface area is 96.3 Å². The van der Waals surface area contributed by atoms with E-state index >= 15 is 0 Å². The minimum atomic E-state index is -0.649. The normalized spacial score (nSPS) is 9.71. The molecule has 1 aromatic carbocycles. The van der Waals surface area contributed by atoms with Crippen molar-refractivity contribution in [3.8, 4) is 6.07 Å². The number of nitriles is 1. The van der Waals surface area contributed by atoms with Gasteiger partial charge in [0.2, 0.25) is 5.95 Å². The Morgan fingerprint density at radius 2 is 2.00 bits per heavy atom. The molecule has 2 aromatic rings. The molecule has 0 bridgehead atoms. The van der Waals surface area contributed by atoms with Gasteiger partial charge in [-0.15, -0.1) is 0 Å². The van der Waals surface area contributed by atoms with Crippen LogP contribution in [0, 0.1) is 23.1 Å². The monoisotopic (exact) mass is 231 g/mol. The Balaban J connectivity index is 2.28. The maximum atomic E-state index is 13.5. The van der Waals surface area contributed by atoms with Gasteiger partial charge in [0, 0.05) is 18.0 Å². The van der Waals surface area contributed by atoms with Gasteiger partial charge in [-0.05, 0) is 24.3 Å². The van der Waals surface area contributed by atoms with Crippen molar-refractivity contribution in [2.45, 2.75) is 0 Å². The number of aromatic nitrogens is 1. The molecule has 0 saturated carbocycles. The van der Waals surface area contributed by atoms with Crippen LogP contribution >= 0.6 is 0 Å². The Kier molecular flexibility index (Phi) is 2.97. The molecule has 17 heavy (non-hydrogen) atoms. The Morgan fingerprint density at radius 3 is 2.65 bits per heavy atom. The summed E-state index contributed by atoms with van der Waals surface area (Å²) in [7, 11) is 0. The summed E-state index contributed by atoms with van der Waals surface area (Å²) < 4.78 is 26.3. The molecular formula is C12H7F2N3. The average molecular weight is 231 g/mol. The molecular weight excluding hydrogens is 224 g/mol. The van der Waals surface area contributed by atoms with E-state index in [0.29, 0.717) is 5.69 Å². The van der Waals surface area contributed by atoms with Gasteiger partial charge in [-0.1, -0.05) is 0 Å². The molecule has 1 aromatic heterocycles. The molecule has 0 aliphatic heterocycles. The second kappa shape index (κ2) is 4.58. The molecule has 3 nitrogen and oxygen atoms in total. The van der Waals surface area contributed by atoms with Crippen LogP contribution in [0.5, 0.6) is 0 Å². The number of anilines is 2. The van der Waals surface area contributed by atoms with E-state index in [2.05, 4.69) is 10.3 Å². The highest BCUT2D eigenvalue weighted by Crippen LogP contribution is 2.20. The molecule has 0 atom stereocenters. The van der Waals surface area contributed by atoms with Gasteiger partial charge in [0.05, 0.1) is 17.3 Å². The molecule has 0 aliphatic carbocycles. The number of pyridine rings is 1. The summed E-state index contributed by atoms with van der Waals surface area (Å²) in [6, 6.07) is 8.50. The van der Waals surface area contributed by atoms with Gasteiger partial charge >= 0.3 is 0 Å². The highest BCUT2D eigenvalue weighted by molar-refractivity contribution is 5.60. The molecule has 84 valence electrons. The number of benzene rings is 1. The van der Waals surface area contributed by atoms with Crippen molar-refractivity contribution in [3.05, 3.63) is 53.9 Å². The van der Waals surface area contributed by atoms with E-state index in [-0.39, 0.29) is 11.3 Å². The minimum absolute atomic E-state index is 0.176. The summed E-state index contributed by atoms with van der Waals surface area (Å²) in [6.45, 7) is 0. The number of halogens is 2. The van der Waals surface area contributed by atoms with Crippen molar-refractivity contribution in [1.29, 1.82) is 5.26 Å². The van der Waals surface area contributed by atoms with Gasteiger partial charge in [-0.2, -0.15) is 9.65 Å². The second-order valence-corrected chi connectivity index (χ2v) is 3.30. The van der Waals surface area contributed by atoms with Crippen molar-refractivity contribution in [2.24, 2.45) is 0 Å². The molecule has 0 amide bonds. The highest BCUT2D eigenvalue weighted by Gasteiger charge is 2.04. The number of nitrogens with zero attached hydrogens (tertiary/aromatic N) is 2. The lowest BCUT2D eigenvalue weighted by Gasteiger charge is -2.07. The molecule has 5 heteroatoms. The van der Waals surface area contributed by atoms with Gasteiger partial charge in [0.1, 0.15) is 5.82 Å². The summed E-state index contributed by atoms with van der Waals surface area (Å²) >= 11 is 0. The predicted octanol–water partition coefficient (Wildman–Crippen LogP) is 2.98. The largest absolute Gasteiger partial charge is 0.353 e. The fourth-order valence-corrected chi connectivity index (χ4v) is 1.32. The second-order valence-electron chi connectivity index (χ2n) is 3.30. The third kappa shape index (κ3) is 2.55. The Morgan fingerprint density at radius 1 is 1.18 bits per heavy atom. The minimum Gasteiger partial charge on any atom is -0.353 e. The zero-order chi connectivity index (χ0) is 12.3. The first-order chi connectivity index (χ1) is 8.19. The van der Waals surface area contributed by atoms with Gasteiger partial charge in [0.25, 0.3) is 0 Å². The van der Waals surface area contributed by atoms with Crippen molar-refractivity contribution in [2.75, 3.05) is 5.32 Å². The van der Waals surface area contributed by atoms with E-state index in [1.807, 2.05) is 6.07 Å². The average Bonchev–Trinajstić information content (AvgIpc) is 2.32. The van der Waals surface area contributed by atoms with E-state index < -0.39 is 11.8 Å². The number of hydrogen-bond acceptors (Lipinski definition) is 3. The first-order valence-electron chi connectivity index (χ1n) is 4.77. The standard InChI is InChI=1S/C12H7F2N3/c13-10-5-8(7-15)1-2-11(10)17-9-3-4-16-12(14)6-9/h1-6H,(H,16,17). The van der Waals surface area contributed by atoms with Crippen molar-refractivity contribution in [3.63, 3.8) is 0 Å². The first kappa shape index (κ1) is 11.0. The van der Waals surface area contributed by atoms with E-state index in [1.54, 1.807) is 0 Å². The Bertz CT molecular complexity index is 591. The summed E-state index contributed by atoms with van der Waals surface area (Å²) in [6.07, 6.45) is 1.28. The quantitative estimate of drug-likeness (QED) is 0.808. The molecule has 0 saturated heterocycles. The molecule has 1 N–H and O–H groups in total. The number of nitrogens with one attached hydrogen (secondary N) is 1. The van der Waals surface area contributed by atoms with Crippen LogP contribution in [-0.2, 0) is 0 Å². The van der Waals surface area contributed by atoms with Gasteiger partial charge in [0.15, 0.2) is 0 Å². The predicted molar refractivity (Wildman–Crippen MR) is 58.6 cm³/mol. The zero-order valence-corrected chi connectivity index (χ0v) is 8.61. The molecule has 0 fully saturated rings. The van der Waals surface area contributed by atoms with E-state index in [0.717, 1.165) is 12.1 Å². The first-order valence-corrected chi connectivity index (χ1v) is 4.77. The maximum Gasteiger partial charge on any atom is 0.214 e. The lowest BCUT2D eigenvalue weighted by atomic mass is 10.2. The molecule has 2 rings (SSSR count). The lowest BCUT2D eigenvalue weighted by molar-refractivity contribution is 0.584. The van der Waals surface area contributed by atoms with E-state index in [1.165, 1.54) is 24.4 Å². The fraction of sp³-hybridized carbons (Fsp3) is 0. The summed E-state index contributed by atoms with van der Waals surface area (Å²) in [5.41, 5.74) is 0.796. The van der Waals surface area contributed by atoms with Gasteiger partial charge < -0.3 is 5.32 Å². The third-order valence-corrected chi connectivity index (χ3v) is 2.10. The summed E-state index contributed by atoms with van der Waals surface area (Å²) in [5, 5.41) is 11.3. The number of rotatable bonds is 2. The maximum absolute atomic E-state index is 13.5. The highest BCUT2D eigenvalue weighted by atomic mass is 19.1. The van der Waals surface area contributed by atoms with Gasteiger partial charge in [-0.3, -0.25) is 0 Å². The van der Waals surface area contributed by atoms with E-state index in [4.69, 9.17) is 5.26 Å². The van der Waals surface area contributed by atoms with Crippen molar-refractivity contribution < 1.29 is 8.78 Å². The molecule has 0 unspecified atom stereocenters. The van der Waals surface area contributed by atoms with Crippen LogP contribution in [0.15, 0.2) is 36.5 Å².